The lowest BCUT2D eigenvalue weighted by Crippen LogP contribution is -2.09. The number of hydrogen-bond donors (Lipinski definition) is 6. The lowest BCUT2D eigenvalue weighted by molar-refractivity contribution is -0.159. The van der Waals surface area contributed by atoms with E-state index in [4.69, 9.17) is 59.4 Å². The monoisotopic (exact) mass is 428 g/mol. The van der Waals surface area contributed by atoms with Crippen molar-refractivity contribution >= 4 is 35.8 Å². The third kappa shape index (κ3) is 30.9. The maximum Gasteiger partial charge on any atom is 0.414 e. The zero-order valence-electron chi connectivity index (χ0n) is 14.8. The van der Waals surface area contributed by atoms with Crippen LogP contribution in [-0.4, -0.2) is 76.4 Å². The minimum Gasteiger partial charge on any atom is -0.473 e. The molecule has 2 aromatic rings. The maximum atomic E-state index is 9.10. The molecule has 2 aromatic heterocycles. The van der Waals surface area contributed by atoms with E-state index in [2.05, 4.69) is 9.97 Å². The van der Waals surface area contributed by atoms with Gasteiger partial charge in [0.2, 0.25) is 0 Å². The molecule has 14 nitrogen and oxygen atoms in total. The van der Waals surface area contributed by atoms with Crippen LogP contribution in [0.2, 0.25) is 0 Å². The van der Waals surface area contributed by atoms with E-state index >= 15 is 0 Å². The van der Waals surface area contributed by atoms with E-state index in [-0.39, 0.29) is 0 Å². The molecule has 2 rings (SSSR count). The number of aliphatic carboxylic acids is 6. The second-order valence-corrected chi connectivity index (χ2v) is 3.88. The van der Waals surface area contributed by atoms with Gasteiger partial charge in [0.15, 0.2) is 0 Å². The van der Waals surface area contributed by atoms with Gasteiger partial charge >= 0.3 is 35.8 Å². The van der Waals surface area contributed by atoms with E-state index in [9.17, 15) is 0 Å². The molecule has 0 fully saturated rings. The Kier molecular flexibility index (Phi) is 20.3. The van der Waals surface area contributed by atoms with Gasteiger partial charge in [-0.15, -0.1) is 0 Å². The molecule has 0 saturated heterocycles. The average molecular weight is 428 g/mol. The fraction of sp³-hybridized carbons (Fsp3) is 0. The molecule has 0 saturated carbocycles. The summed E-state index contributed by atoms with van der Waals surface area (Å²) in [7, 11) is 0. The zero-order valence-corrected chi connectivity index (χ0v) is 14.8. The van der Waals surface area contributed by atoms with Gasteiger partial charge in [0.1, 0.15) is 0 Å². The summed E-state index contributed by atoms with van der Waals surface area (Å²) in [6.07, 6.45) is 7.00. The van der Waals surface area contributed by atoms with Crippen LogP contribution in [0.25, 0.3) is 0 Å². The van der Waals surface area contributed by atoms with E-state index in [0.29, 0.717) is 0 Å². The van der Waals surface area contributed by atoms with Crippen LogP contribution < -0.4 is 0 Å². The summed E-state index contributed by atoms with van der Waals surface area (Å²) in [4.78, 5) is 62.2. The molecule has 0 aliphatic carbocycles. The molecular weight excluding hydrogens is 412 g/mol. The Hall–Kier alpha value is -4.88. The predicted octanol–water partition coefficient (Wildman–Crippen LogP) is -0.370. The largest absolute Gasteiger partial charge is 0.473 e. The lowest BCUT2D eigenvalue weighted by atomic mass is 10.5. The number of carboxylic acid groups (broad SMARTS) is 6. The van der Waals surface area contributed by atoms with Crippen molar-refractivity contribution in [2.24, 2.45) is 0 Å². The van der Waals surface area contributed by atoms with Gasteiger partial charge in [0.05, 0.1) is 0 Å². The molecule has 2 heterocycles. The Morgan fingerprint density at radius 2 is 0.533 bits per heavy atom. The number of nitrogens with zero attached hydrogens (tertiary/aromatic N) is 2. The van der Waals surface area contributed by atoms with Crippen LogP contribution in [0.3, 0.4) is 0 Å². The normalized spacial score (nSPS) is 7.60. The van der Waals surface area contributed by atoms with Crippen LogP contribution in [0.15, 0.2) is 61.2 Å². The Morgan fingerprint density at radius 1 is 0.367 bits per heavy atom. The van der Waals surface area contributed by atoms with Crippen molar-refractivity contribution in [1.29, 1.82) is 0 Å². The molecule has 0 amide bonds. The zero-order chi connectivity index (χ0) is 23.9. The van der Waals surface area contributed by atoms with Gasteiger partial charge in [-0.1, -0.05) is 12.1 Å². The summed E-state index contributed by atoms with van der Waals surface area (Å²) in [5.41, 5.74) is 0. The van der Waals surface area contributed by atoms with Crippen LogP contribution in [0.1, 0.15) is 0 Å². The van der Waals surface area contributed by atoms with Gasteiger partial charge in [-0.05, 0) is 24.3 Å². The molecule has 0 aromatic carbocycles. The number of carbonyl (C=O) groups is 6. The minimum absolute atomic E-state index is 1.75. The third-order valence-corrected chi connectivity index (χ3v) is 1.68. The molecule has 0 bridgehead atoms. The van der Waals surface area contributed by atoms with Gasteiger partial charge in [0.25, 0.3) is 0 Å². The minimum atomic E-state index is -1.82. The predicted molar refractivity (Wildman–Crippen MR) is 94.3 cm³/mol. The molecule has 6 N–H and O–H groups in total. The first kappa shape index (κ1) is 29.9. The van der Waals surface area contributed by atoms with E-state index < -0.39 is 35.8 Å². The van der Waals surface area contributed by atoms with Gasteiger partial charge in [-0.25, -0.2) is 28.8 Å². The average Bonchev–Trinajstić information content (AvgIpc) is 2.72. The summed E-state index contributed by atoms with van der Waals surface area (Å²) in [5, 5.41) is 44.3. The van der Waals surface area contributed by atoms with Crippen LogP contribution >= 0.6 is 0 Å². The Balaban J connectivity index is -0.000000304. The number of carboxylic acids is 6. The quantitative estimate of drug-likeness (QED) is 0.293. The fourth-order valence-corrected chi connectivity index (χ4v) is 0.625. The fourth-order valence-electron chi connectivity index (χ4n) is 0.625. The van der Waals surface area contributed by atoms with Crippen LogP contribution in [0, 0.1) is 0 Å². The third-order valence-electron chi connectivity index (χ3n) is 1.68. The summed E-state index contributed by atoms with van der Waals surface area (Å²) >= 11 is 0. The molecule has 0 aliphatic rings. The van der Waals surface area contributed by atoms with E-state index in [1.807, 2.05) is 36.4 Å². The molecular formula is C16H16N2O12. The van der Waals surface area contributed by atoms with Gasteiger partial charge < -0.3 is 30.6 Å². The van der Waals surface area contributed by atoms with Gasteiger partial charge in [-0.3, -0.25) is 9.97 Å². The standard InChI is InChI=1S/2C5H5N.3C2H2O4/c2*1-2-4-6-5-3-1;3*3-1(4)2(5)6/h2*1-5H;3*(H,3,4)(H,5,6). The second-order valence-electron chi connectivity index (χ2n) is 3.88. The highest BCUT2D eigenvalue weighted by atomic mass is 16.5. The smallest absolute Gasteiger partial charge is 0.414 e. The molecule has 0 radical (unpaired) electrons. The SMILES string of the molecule is O=C(O)C(=O)O.O=C(O)C(=O)O.O=C(O)C(=O)O.c1ccncc1.c1ccncc1. The number of hydrogen-bond acceptors (Lipinski definition) is 8. The Labute approximate surface area is 167 Å². The van der Waals surface area contributed by atoms with Crippen molar-refractivity contribution in [3.05, 3.63) is 61.2 Å². The van der Waals surface area contributed by atoms with Gasteiger partial charge in [-0.2, -0.15) is 0 Å². The lowest BCUT2D eigenvalue weighted by Gasteiger charge is -1.72. The molecule has 0 unspecified atom stereocenters. The highest BCUT2D eigenvalue weighted by Crippen LogP contribution is 1.74. The highest BCUT2D eigenvalue weighted by Gasteiger charge is 2.04. The number of rotatable bonds is 0. The van der Waals surface area contributed by atoms with Crippen LogP contribution in [0.5, 0.6) is 0 Å². The van der Waals surface area contributed by atoms with E-state index in [1.165, 1.54) is 0 Å². The Bertz CT molecular complexity index is 603. The van der Waals surface area contributed by atoms with E-state index in [1.54, 1.807) is 24.8 Å². The van der Waals surface area contributed by atoms with Crippen molar-refractivity contribution in [3.63, 3.8) is 0 Å². The first-order valence-electron chi connectivity index (χ1n) is 7.02. The summed E-state index contributed by atoms with van der Waals surface area (Å²) in [6.45, 7) is 0. The first-order chi connectivity index (χ1) is 13.9. The van der Waals surface area contributed by atoms with E-state index in [0.717, 1.165) is 0 Å². The van der Waals surface area contributed by atoms with Crippen molar-refractivity contribution in [2.75, 3.05) is 0 Å². The first-order valence-corrected chi connectivity index (χ1v) is 7.02. The van der Waals surface area contributed by atoms with Crippen molar-refractivity contribution in [3.8, 4) is 0 Å². The number of pyridine rings is 2. The second kappa shape index (κ2) is 20.4. The Morgan fingerprint density at radius 3 is 0.567 bits per heavy atom. The van der Waals surface area contributed by atoms with Crippen molar-refractivity contribution in [1.82, 2.24) is 9.97 Å². The molecule has 0 aliphatic heterocycles. The van der Waals surface area contributed by atoms with Crippen molar-refractivity contribution < 1.29 is 59.4 Å². The van der Waals surface area contributed by atoms with Gasteiger partial charge in [0, 0.05) is 24.8 Å². The maximum absolute atomic E-state index is 9.10. The molecule has 0 atom stereocenters. The van der Waals surface area contributed by atoms with Crippen molar-refractivity contribution in [2.45, 2.75) is 0 Å². The summed E-state index contributed by atoms with van der Waals surface area (Å²) in [5.74, 6) is -10.9. The number of aromatic nitrogens is 2. The topological polar surface area (TPSA) is 250 Å². The van der Waals surface area contributed by atoms with Crippen LogP contribution in [-0.2, 0) is 28.8 Å². The molecule has 0 spiro atoms. The molecule has 14 heteroatoms. The van der Waals surface area contributed by atoms with Crippen LogP contribution in [0.4, 0.5) is 0 Å². The highest BCUT2D eigenvalue weighted by molar-refractivity contribution is 6.28. The molecule has 162 valence electrons. The summed E-state index contributed by atoms with van der Waals surface area (Å²) < 4.78 is 0. The summed E-state index contributed by atoms with van der Waals surface area (Å²) in [6, 6.07) is 11.4. The molecule has 30 heavy (non-hydrogen) atoms.